The minimum absolute atomic E-state index is 0.266. The number of anilines is 1. The molecule has 0 aliphatic heterocycles. The Morgan fingerprint density at radius 3 is 2.58 bits per heavy atom. The highest BCUT2D eigenvalue weighted by Crippen LogP contribution is 2.18. The van der Waals surface area contributed by atoms with Crippen molar-refractivity contribution in [1.82, 2.24) is 0 Å². The van der Waals surface area contributed by atoms with Crippen molar-refractivity contribution >= 4 is 11.7 Å². The van der Waals surface area contributed by atoms with Gasteiger partial charge in [0.1, 0.15) is 11.4 Å². The van der Waals surface area contributed by atoms with Crippen LogP contribution in [0.4, 0.5) is 10.1 Å². The first-order valence-corrected chi connectivity index (χ1v) is 3.32. The molecule has 0 fully saturated rings. The van der Waals surface area contributed by atoms with Gasteiger partial charge in [0, 0.05) is 5.69 Å². The van der Waals surface area contributed by atoms with Gasteiger partial charge < -0.3 is 10.8 Å². The van der Waals surface area contributed by atoms with Crippen LogP contribution in [0.1, 0.15) is 15.9 Å². The van der Waals surface area contributed by atoms with Crippen molar-refractivity contribution in [3.8, 4) is 0 Å². The van der Waals surface area contributed by atoms with Gasteiger partial charge >= 0.3 is 5.97 Å². The molecule has 0 bridgehead atoms. The maximum Gasteiger partial charge on any atom is 0.339 e. The van der Waals surface area contributed by atoms with Gasteiger partial charge in [0.05, 0.1) is 0 Å². The molecule has 0 spiro atoms. The molecular weight excluding hydrogens is 161 g/mol. The largest absolute Gasteiger partial charge is 0.478 e. The molecule has 0 atom stereocenters. The summed E-state index contributed by atoms with van der Waals surface area (Å²) in [6, 6.07) is 2.39. The van der Waals surface area contributed by atoms with Crippen molar-refractivity contribution < 1.29 is 14.3 Å². The van der Waals surface area contributed by atoms with E-state index >= 15 is 0 Å². The van der Waals surface area contributed by atoms with Gasteiger partial charge in [-0.25, -0.2) is 9.18 Å². The molecule has 0 radical (unpaired) electrons. The average molecular weight is 169 g/mol. The highest BCUT2D eigenvalue weighted by Gasteiger charge is 2.14. The summed E-state index contributed by atoms with van der Waals surface area (Å²) < 4.78 is 12.8. The topological polar surface area (TPSA) is 63.3 Å². The van der Waals surface area contributed by atoms with Gasteiger partial charge in [-0.3, -0.25) is 0 Å². The Hall–Kier alpha value is -1.58. The summed E-state index contributed by atoms with van der Waals surface area (Å²) in [4.78, 5) is 10.5. The van der Waals surface area contributed by atoms with Crippen molar-refractivity contribution in [2.45, 2.75) is 6.92 Å². The fraction of sp³-hybridized carbons (Fsp3) is 0.125. The summed E-state index contributed by atoms with van der Waals surface area (Å²) in [7, 11) is 0. The average Bonchev–Trinajstić information content (AvgIpc) is 1.97. The number of halogens is 1. The molecule has 0 aliphatic rings. The lowest BCUT2D eigenvalue weighted by atomic mass is 10.1. The van der Waals surface area contributed by atoms with Gasteiger partial charge in [-0.15, -0.1) is 0 Å². The quantitative estimate of drug-likeness (QED) is 0.625. The lowest BCUT2D eigenvalue weighted by Crippen LogP contribution is -2.05. The van der Waals surface area contributed by atoms with Gasteiger partial charge in [0.15, 0.2) is 0 Å². The molecule has 0 aromatic heterocycles. The number of rotatable bonds is 1. The normalized spacial score (nSPS) is 9.83. The molecule has 4 heteroatoms. The number of hydrogen-bond donors (Lipinski definition) is 2. The van der Waals surface area contributed by atoms with E-state index in [4.69, 9.17) is 10.8 Å². The second-order valence-corrected chi connectivity index (χ2v) is 2.44. The third-order valence-electron chi connectivity index (χ3n) is 1.67. The van der Waals surface area contributed by atoms with Gasteiger partial charge in [0.2, 0.25) is 0 Å². The van der Waals surface area contributed by atoms with Crippen LogP contribution in [0.25, 0.3) is 0 Å². The molecule has 3 nitrogen and oxygen atoms in total. The minimum Gasteiger partial charge on any atom is -0.478 e. The highest BCUT2D eigenvalue weighted by atomic mass is 19.1. The van der Waals surface area contributed by atoms with E-state index in [1.54, 1.807) is 0 Å². The van der Waals surface area contributed by atoms with Gasteiger partial charge in [0.25, 0.3) is 0 Å². The number of nitrogen functional groups attached to an aromatic ring is 1. The van der Waals surface area contributed by atoms with E-state index in [0.717, 1.165) is 6.07 Å². The van der Waals surface area contributed by atoms with Crippen molar-refractivity contribution in [3.63, 3.8) is 0 Å². The molecule has 64 valence electrons. The highest BCUT2D eigenvalue weighted by molar-refractivity contribution is 5.91. The second kappa shape index (κ2) is 2.81. The Bertz CT molecular complexity index is 336. The SMILES string of the molecule is Cc1c(N)ccc(F)c1C(=O)O. The van der Waals surface area contributed by atoms with E-state index in [-0.39, 0.29) is 16.8 Å². The second-order valence-electron chi connectivity index (χ2n) is 2.44. The summed E-state index contributed by atoms with van der Waals surface area (Å²) in [6.07, 6.45) is 0. The minimum atomic E-state index is -1.29. The third-order valence-corrected chi connectivity index (χ3v) is 1.67. The van der Waals surface area contributed by atoms with Crippen LogP contribution in [0.2, 0.25) is 0 Å². The Morgan fingerprint density at radius 2 is 2.17 bits per heavy atom. The van der Waals surface area contributed by atoms with E-state index in [1.165, 1.54) is 13.0 Å². The molecule has 0 amide bonds. The van der Waals surface area contributed by atoms with Crippen LogP contribution in [0, 0.1) is 12.7 Å². The smallest absolute Gasteiger partial charge is 0.339 e. The van der Waals surface area contributed by atoms with Crippen molar-refractivity contribution in [2.24, 2.45) is 0 Å². The molecule has 0 unspecified atom stereocenters. The summed E-state index contributed by atoms with van der Waals surface area (Å²) in [5.41, 5.74) is 5.60. The van der Waals surface area contributed by atoms with Crippen LogP contribution < -0.4 is 5.73 Å². The lowest BCUT2D eigenvalue weighted by molar-refractivity contribution is 0.0691. The third kappa shape index (κ3) is 1.23. The Balaban J connectivity index is 3.43. The van der Waals surface area contributed by atoms with Crippen LogP contribution >= 0.6 is 0 Å². The predicted octanol–water partition coefficient (Wildman–Crippen LogP) is 1.41. The number of carbonyl (C=O) groups is 1. The zero-order chi connectivity index (χ0) is 9.30. The monoisotopic (exact) mass is 169 g/mol. The molecule has 0 heterocycles. The standard InChI is InChI=1S/C8H8FNO2/c1-4-6(10)3-2-5(9)7(4)8(11)12/h2-3H,10H2,1H3,(H,11,12). The van der Waals surface area contributed by atoms with Crippen molar-refractivity contribution in [1.29, 1.82) is 0 Å². The van der Waals surface area contributed by atoms with E-state index < -0.39 is 11.8 Å². The summed E-state index contributed by atoms with van der Waals surface area (Å²) in [6.45, 7) is 1.47. The van der Waals surface area contributed by atoms with E-state index in [1.807, 2.05) is 0 Å². The number of nitrogens with two attached hydrogens (primary N) is 1. The van der Waals surface area contributed by atoms with Crippen LogP contribution in [0.3, 0.4) is 0 Å². The lowest BCUT2D eigenvalue weighted by Gasteiger charge is -2.04. The molecule has 0 saturated carbocycles. The maximum absolute atomic E-state index is 12.8. The molecule has 0 aliphatic carbocycles. The molecule has 1 aromatic rings. The van der Waals surface area contributed by atoms with Gasteiger partial charge in [-0.05, 0) is 24.6 Å². The first-order chi connectivity index (χ1) is 5.54. The summed E-state index contributed by atoms with van der Waals surface area (Å²) in [5, 5.41) is 8.58. The summed E-state index contributed by atoms with van der Waals surface area (Å²) in [5.74, 6) is -2.05. The zero-order valence-corrected chi connectivity index (χ0v) is 6.47. The molecule has 12 heavy (non-hydrogen) atoms. The van der Waals surface area contributed by atoms with Crippen LogP contribution in [-0.2, 0) is 0 Å². The van der Waals surface area contributed by atoms with Crippen LogP contribution in [0.5, 0.6) is 0 Å². The van der Waals surface area contributed by atoms with E-state index in [9.17, 15) is 9.18 Å². The molecular formula is C8H8FNO2. The first-order valence-electron chi connectivity index (χ1n) is 3.32. The molecule has 3 N–H and O–H groups in total. The van der Waals surface area contributed by atoms with Crippen molar-refractivity contribution in [3.05, 3.63) is 29.1 Å². The van der Waals surface area contributed by atoms with Gasteiger partial charge in [-0.1, -0.05) is 0 Å². The molecule has 1 aromatic carbocycles. The number of carboxylic acids is 1. The predicted molar refractivity (Wildman–Crippen MR) is 42.5 cm³/mol. The van der Waals surface area contributed by atoms with Gasteiger partial charge in [-0.2, -0.15) is 0 Å². The fourth-order valence-electron chi connectivity index (χ4n) is 0.957. The molecule has 1 rings (SSSR count). The Labute approximate surface area is 68.6 Å². The Morgan fingerprint density at radius 1 is 1.58 bits per heavy atom. The Kier molecular flexibility index (Phi) is 1.99. The van der Waals surface area contributed by atoms with Crippen LogP contribution in [0.15, 0.2) is 12.1 Å². The number of hydrogen-bond acceptors (Lipinski definition) is 2. The summed E-state index contributed by atoms with van der Waals surface area (Å²) >= 11 is 0. The zero-order valence-electron chi connectivity index (χ0n) is 6.47. The van der Waals surface area contributed by atoms with E-state index in [0.29, 0.717) is 0 Å². The van der Waals surface area contributed by atoms with E-state index in [2.05, 4.69) is 0 Å². The first kappa shape index (κ1) is 8.52. The number of aromatic carboxylic acids is 1. The number of benzene rings is 1. The van der Waals surface area contributed by atoms with Crippen LogP contribution in [-0.4, -0.2) is 11.1 Å². The van der Waals surface area contributed by atoms with Crippen molar-refractivity contribution in [2.75, 3.05) is 5.73 Å². The fourth-order valence-corrected chi connectivity index (χ4v) is 0.957. The maximum atomic E-state index is 12.8. The number of carboxylic acid groups (broad SMARTS) is 1. The molecule has 0 saturated heterocycles.